The van der Waals surface area contributed by atoms with Crippen molar-refractivity contribution < 1.29 is 18.3 Å². The minimum absolute atomic E-state index is 0.126. The van der Waals surface area contributed by atoms with Crippen LogP contribution >= 0.6 is 0 Å². The molecule has 30 heavy (non-hydrogen) atoms. The molecule has 0 saturated carbocycles. The molecule has 0 aliphatic heterocycles. The molecule has 7 heteroatoms. The molecule has 0 bridgehead atoms. The van der Waals surface area contributed by atoms with E-state index < -0.39 is 0 Å². The minimum Gasteiger partial charge on any atom is -0.427 e. The van der Waals surface area contributed by atoms with Crippen molar-refractivity contribution in [2.75, 3.05) is 47.6 Å². The van der Waals surface area contributed by atoms with Crippen LogP contribution < -0.4 is 0 Å². The second-order valence-corrected chi connectivity index (χ2v) is 13.3. The first kappa shape index (κ1) is 30.2. The second kappa shape index (κ2) is 18.8. The Kier molecular flexibility index (Phi) is 18.9. The Morgan fingerprint density at radius 3 is 1.33 bits per heavy atom. The van der Waals surface area contributed by atoms with Crippen molar-refractivity contribution in [3.05, 3.63) is 0 Å². The van der Waals surface area contributed by atoms with Crippen LogP contribution in [0.25, 0.3) is 0 Å². The third-order valence-electron chi connectivity index (χ3n) is 5.27. The van der Waals surface area contributed by atoms with E-state index in [1.54, 1.807) is 0 Å². The highest BCUT2D eigenvalue weighted by molar-refractivity contribution is 6.27. The van der Waals surface area contributed by atoms with Gasteiger partial charge in [-0.25, -0.2) is 0 Å². The van der Waals surface area contributed by atoms with E-state index in [4.69, 9.17) is 18.3 Å². The number of hydrogen-bond donors (Lipinski definition) is 0. The maximum atomic E-state index is 6.19. The number of likely N-dealkylation sites (N-methyl/N-ethyl adjacent to an activating group) is 1. The SMILES string of the molecule is CO[SiH2]CCCCCCOC(C)(C)CN(C)CC(C)(C)OCCCCCC[SiH2]OC. The molecule has 0 unspecified atom stereocenters. The number of hydrogen-bond acceptors (Lipinski definition) is 5. The Morgan fingerprint density at radius 2 is 0.967 bits per heavy atom. The fourth-order valence-electron chi connectivity index (χ4n) is 3.90. The van der Waals surface area contributed by atoms with Gasteiger partial charge < -0.3 is 23.2 Å². The van der Waals surface area contributed by atoms with Crippen molar-refractivity contribution in [1.82, 2.24) is 4.90 Å². The summed E-state index contributed by atoms with van der Waals surface area (Å²) in [5, 5.41) is 0. The highest BCUT2D eigenvalue weighted by Crippen LogP contribution is 2.17. The van der Waals surface area contributed by atoms with Crippen LogP contribution in [0.5, 0.6) is 0 Å². The number of ether oxygens (including phenoxy) is 2. The molecule has 0 aliphatic carbocycles. The zero-order valence-corrected chi connectivity index (χ0v) is 24.2. The van der Waals surface area contributed by atoms with Gasteiger partial charge in [-0.3, -0.25) is 0 Å². The average molecular weight is 464 g/mol. The summed E-state index contributed by atoms with van der Waals surface area (Å²) < 4.78 is 22.8. The zero-order valence-electron chi connectivity index (χ0n) is 21.4. The normalized spacial score (nSPS) is 13.6. The molecule has 0 fully saturated rings. The predicted octanol–water partition coefficient (Wildman–Crippen LogP) is 3.93. The van der Waals surface area contributed by atoms with E-state index in [1.807, 2.05) is 14.2 Å². The Labute approximate surface area is 192 Å². The molecule has 0 saturated heterocycles. The second-order valence-electron chi connectivity index (χ2n) is 9.91. The van der Waals surface area contributed by atoms with E-state index in [0.29, 0.717) is 0 Å². The van der Waals surface area contributed by atoms with Crippen molar-refractivity contribution in [2.24, 2.45) is 0 Å². The highest BCUT2D eigenvalue weighted by atomic mass is 28.2. The van der Waals surface area contributed by atoms with E-state index in [0.717, 1.165) is 39.1 Å². The molecule has 0 aromatic carbocycles. The Bertz CT molecular complexity index is 350. The van der Waals surface area contributed by atoms with Gasteiger partial charge in [-0.15, -0.1) is 0 Å². The summed E-state index contributed by atoms with van der Waals surface area (Å²) in [7, 11) is 5.38. The van der Waals surface area contributed by atoms with Crippen molar-refractivity contribution in [3.63, 3.8) is 0 Å². The van der Waals surface area contributed by atoms with Crippen molar-refractivity contribution in [1.29, 1.82) is 0 Å². The van der Waals surface area contributed by atoms with Crippen LogP contribution in [0.3, 0.4) is 0 Å². The molecule has 182 valence electrons. The Balaban J connectivity index is 3.85. The van der Waals surface area contributed by atoms with Gasteiger partial charge >= 0.3 is 0 Å². The minimum atomic E-state index is -0.230. The molecule has 0 rings (SSSR count). The molecule has 0 N–H and O–H groups in total. The van der Waals surface area contributed by atoms with Crippen molar-refractivity contribution in [2.45, 2.75) is 102 Å². The van der Waals surface area contributed by atoms with Gasteiger partial charge in [0.1, 0.15) is 0 Å². The first-order chi connectivity index (χ1) is 14.2. The summed E-state index contributed by atoms with van der Waals surface area (Å²) in [6.45, 7) is 12.4. The van der Waals surface area contributed by atoms with E-state index >= 15 is 0 Å². The van der Waals surface area contributed by atoms with Gasteiger partial charge in [-0.05, 0) is 59.7 Å². The van der Waals surface area contributed by atoms with E-state index in [2.05, 4.69) is 39.6 Å². The van der Waals surface area contributed by atoms with E-state index in [9.17, 15) is 0 Å². The zero-order chi connectivity index (χ0) is 22.7. The monoisotopic (exact) mass is 463 g/mol. The van der Waals surface area contributed by atoms with Crippen LogP contribution in [-0.4, -0.2) is 83.2 Å². The largest absolute Gasteiger partial charge is 0.427 e. The van der Waals surface area contributed by atoms with Gasteiger partial charge in [0.05, 0.1) is 11.2 Å². The summed E-state index contributed by atoms with van der Waals surface area (Å²) in [5.74, 6) is 0. The van der Waals surface area contributed by atoms with Gasteiger partial charge in [0.15, 0.2) is 19.5 Å². The molecule has 0 heterocycles. The number of unbranched alkanes of at least 4 members (excludes halogenated alkanes) is 6. The van der Waals surface area contributed by atoms with Crippen LogP contribution in [0, 0.1) is 0 Å². The Morgan fingerprint density at radius 1 is 0.600 bits per heavy atom. The highest BCUT2D eigenvalue weighted by Gasteiger charge is 2.26. The van der Waals surface area contributed by atoms with Crippen molar-refractivity contribution >= 4 is 19.5 Å². The van der Waals surface area contributed by atoms with Crippen LogP contribution in [-0.2, 0) is 18.3 Å². The molecule has 0 aromatic heterocycles. The lowest BCUT2D eigenvalue weighted by Crippen LogP contribution is -2.45. The molecular formula is C23H53NO4Si2. The molecule has 5 nitrogen and oxygen atoms in total. The fourth-order valence-corrected chi connectivity index (χ4v) is 5.59. The molecular weight excluding hydrogens is 410 g/mol. The molecule has 0 amide bonds. The summed E-state index contributed by atoms with van der Waals surface area (Å²) in [6, 6.07) is 2.61. The van der Waals surface area contributed by atoms with Crippen molar-refractivity contribution in [3.8, 4) is 0 Å². The lowest BCUT2D eigenvalue weighted by atomic mass is 10.1. The molecule has 0 spiro atoms. The van der Waals surface area contributed by atoms with Crippen LogP contribution in [0.2, 0.25) is 12.1 Å². The van der Waals surface area contributed by atoms with Gasteiger partial charge in [-0.2, -0.15) is 0 Å². The third kappa shape index (κ3) is 20.2. The quantitative estimate of drug-likeness (QED) is 0.180. The fraction of sp³-hybridized carbons (Fsp3) is 1.00. The molecule has 0 aromatic rings. The first-order valence-electron chi connectivity index (χ1n) is 12.2. The lowest BCUT2D eigenvalue weighted by molar-refractivity contribution is -0.0682. The topological polar surface area (TPSA) is 40.2 Å². The lowest BCUT2D eigenvalue weighted by Gasteiger charge is -2.35. The number of rotatable bonds is 22. The summed E-state index contributed by atoms with van der Waals surface area (Å²) in [4.78, 5) is 2.35. The van der Waals surface area contributed by atoms with Gasteiger partial charge in [0.2, 0.25) is 0 Å². The van der Waals surface area contributed by atoms with Crippen LogP contribution in [0.1, 0.15) is 79.1 Å². The molecule has 0 radical (unpaired) electrons. The standard InChI is InChI=1S/C23H53NO4Si2/c1-22(2,27-16-12-8-10-14-18-29-25-6)20-24(5)21-23(3,4)28-17-13-9-11-15-19-30-26-7/h8-21,29-30H2,1-7H3. The van der Waals surface area contributed by atoms with Gasteiger partial charge in [0.25, 0.3) is 0 Å². The summed E-state index contributed by atoms with van der Waals surface area (Å²) in [6.07, 6.45) is 10.1. The first-order valence-corrected chi connectivity index (χ1v) is 15.3. The van der Waals surface area contributed by atoms with Gasteiger partial charge in [0, 0.05) is 40.5 Å². The Hall–Kier alpha value is 0.234. The number of nitrogens with zero attached hydrogens (tertiary/aromatic N) is 1. The predicted molar refractivity (Wildman–Crippen MR) is 135 cm³/mol. The third-order valence-corrected chi connectivity index (χ3v) is 7.67. The van der Waals surface area contributed by atoms with Gasteiger partial charge in [-0.1, -0.05) is 38.5 Å². The summed E-state index contributed by atoms with van der Waals surface area (Å²) >= 11 is 0. The van der Waals surface area contributed by atoms with E-state index in [1.165, 1.54) is 50.6 Å². The van der Waals surface area contributed by atoms with Crippen LogP contribution in [0.15, 0.2) is 0 Å². The maximum absolute atomic E-state index is 6.19. The maximum Gasteiger partial charge on any atom is 0.161 e. The van der Waals surface area contributed by atoms with Crippen LogP contribution in [0.4, 0.5) is 0 Å². The van der Waals surface area contributed by atoms with E-state index in [-0.39, 0.29) is 30.7 Å². The smallest absolute Gasteiger partial charge is 0.161 e. The average Bonchev–Trinajstić information content (AvgIpc) is 2.65. The molecule has 0 atom stereocenters. The molecule has 0 aliphatic rings. The summed E-state index contributed by atoms with van der Waals surface area (Å²) in [5.41, 5.74) is -0.251.